The van der Waals surface area contributed by atoms with Gasteiger partial charge in [-0.3, -0.25) is 4.90 Å². The highest BCUT2D eigenvalue weighted by molar-refractivity contribution is 5.91. The van der Waals surface area contributed by atoms with E-state index < -0.39 is 0 Å². The Bertz CT molecular complexity index is 1730. The summed E-state index contributed by atoms with van der Waals surface area (Å²) in [5.41, 5.74) is 8.06. The summed E-state index contributed by atoms with van der Waals surface area (Å²) in [6.45, 7) is 8.26. The summed E-state index contributed by atoms with van der Waals surface area (Å²) < 4.78 is 16.7. The van der Waals surface area contributed by atoms with E-state index in [-0.39, 0.29) is 24.2 Å². The maximum absolute atomic E-state index is 13.3. The van der Waals surface area contributed by atoms with Gasteiger partial charge >= 0.3 is 12.1 Å². The second-order valence-corrected chi connectivity index (χ2v) is 11.5. The molecular weight excluding hydrogens is 554 g/mol. The van der Waals surface area contributed by atoms with Crippen LogP contribution in [-0.4, -0.2) is 55.3 Å². The quantitative estimate of drug-likeness (QED) is 0.202. The average Bonchev–Trinajstić information content (AvgIpc) is 3.28. The fourth-order valence-corrected chi connectivity index (χ4v) is 6.06. The predicted molar refractivity (Wildman–Crippen MR) is 170 cm³/mol. The lowest BCUT2D eigenvalue weighted by molar-refractivity contribution is 0.0600. The first-order valence-electron chi connectivity index (χ1n) is 14.9. The van der Waals surface area contributed by atoms with E-state index in [0.717, 1.165) is 70.0 Å². The molecular formula is C36H37N3O5. The molecule has 1 amide bonds. The molecule has 8 nitrogen and oxygen atoms in total. The zero-order chi connectivity index (χ0) is 31.0. The van der Waals surface area contributed by atoms with Gasteiger partial charge in [-0.05, 0) is 85.8 Å². The van der Waals surface area contributed by atoms with E-state index in [1.165, 1.54) is 7.11 Å². The van der Waals surface area contributed by atoms with E-state index >= 15 is 0 Å². The van der Waals surface area contributed by atoms with Crippen molar-refractivity contribution in [3.63, 3.8) is 0 Å². The van der Waals surface area contributed by atoms with E-state index in [9.17, 15) is 9.59 Å². The normalized spacial score (nSPS) is 17.7. The molecule has 1 aromatic heterocycles. The molecule has 0 bridgehead atoms. The van der Waals surface area contributed by atoms with Crippen LogP contribution >= 0.6 is 0 Å². The molecule has 0 N–H and O–H groups in total. The summed E-state index contributed by atoms with van der Waals surface area (Å²) in [5.74, 6) is 1.23. The van der Waals surface area contributed by atoms with Crippen molar-refractivity contribution in [3.05, 3.63) is 101 Å². The average molecular weight is 592 g/mol. The molecule has 4 aromatic rings. The minimum Gasteiger partial charge on any atom is -0.496 e. The molecule has 1 unspecified atom stereocenters. The van der Waals surface area contributed by atoms with E-state index in [4.69, 9.17) is 19.2 Å². The molecule has 3 heterocycles. The number of esters is 1. The Hall–Kier alpha value is -4.85. The zero-order valence-electron chi connectivity index (χ0n) is 25.8. The van der Waals surface area contributed by atoms with Crippen LogP contribution in [0.1, 0.15) is 52.2 Å². The zero-order valence-corrected chi connectivity index (χ0v) is 25.8. The summed E-state index contributed by atoms with van der Waals surface area (Å²) >= 11 is 0. The van der Waals surface area contributed by atoms with Crippen LogP contribution in [0, 0.1) is 13.8 Å². The van der Waals surface area contributed by atoms with Crippen molar-refractivity contribution >= 4 is 17.9 Å². The molecule has 0 spiro atoms. The van der Waals surface area contributed by atoms with Crippen LogP contribution in [0.25, 0.3) is 22.3 Å². The van der Waals surface area contributed by atoms with Crippen LogP contribution in [0.3, 0.4) is 0 Å². The molecule has 3 aromatic carbocycles. The first-order valence-corrected chi connectivity index (χ1v) is 14.9. The Morgan fingerprint density at radius 1 is 0.955 bits per heavy atom. The Balaban J connectivity index is 1.40. The fourth-order valence-electron chi connectivity index (χ4n) is 6.06. The maximum Gasteiger partial charge on any atom is 0.411 e. The highest BCUT2D eigenvalue weighted by Crippen LogP contribution is 2.40. The third kappa shape index (κ3) is 5.48. The van der Waals surface area contributed by atoms with Gasteiger partial charge in [-0.25, -0.2) is 14.6 Å². The van der Waals surface area contributed by atoms with Crippen molar-refractivity contribution in [2.75, 3.05) is 32.2 Å². The highest BCUT2D eigenvalue weighted by atomic mass is 16.6. The van der Waals surface area contributed by atoms with Gasteiger partial charge in [0.1, 0.15) is 17.7 Å². The minimum absolute atomic E-state index is 0.184. The second kappa shape index (κ2) is 12.0. The van der Waals surface area contributed by atoms with Crippen molar-refractivity contribution in [1.29, 1.82) is 0 Å². The second-order valence-electron chi connectivity index (χ2n) is 11.5. The molecule has 0 saturated carbocycles. The number of aryl methyl sites for hydroxylation is 2. The van der Waals surface area contributed by atoms with Gasteiger partial charge < -0.3 is 19.1 Å². The monoisotopic (exact) mass is 591 g/mol. The van der Waals surface area contributed by atoms with Crippen molar-refractivity contribution < 1.29 is 23.8 Å². The van der Waals surface area contributed by atoms with Gasteiger partial charge in [0, 0.05) is 24.2 Å². The predicted octanol–water partition coefficient (Wildman–Crippen LogP) is 7.12. The standard InChI is InChI=1S/C36H37N3O5/c1-22-8-6-9-26(18-22)34-24(3)39(36(41)44-34)21-31-29(13-15-33(37-31)38-16-7-17-38)30-20-25(11-14-32(30)42-4)28-12-10-27(19-23(28)2)35(40)43-5/h6,8-15,18-20,24,34H,7,16-17,21H2,1-5H3/t24-,34?/m0/s1. The number of carbonyl (C=O) groups excluding carboxylic acids is 2. The highest BCUT2D eigenvalue weighted by Gasteiger charge is 2.40. The van der Waals surface area contributed by atoms with Crippen molar-refractivity contribution in [2.45, 2.75) is 45.9 Å². The number of hydrogen-bond acceptors (Lipinski definition) is 7. The van der Waals surface area contributed by atoms with Crippen LogP contribution in [0.4, 0.5) is 10.6 Å². The minimum atomic E-state index is -0.368. The summed E-state index contributed by atoms with van der Waals surface area (Å²) in [4.78, 5) is 34.5. The Kier molecular flexibility index (Phi) is 7.99. The van der Waals surface area contributed by atoms with Crippen LogP contribution in [0.5, 0.6) is 5.75 Å². The molecule has 8 heteroatoms. The van der Waals surface area contributed by atoms with Gasteiger partial charge in [0.25, 0.3) is 0 Å². The molecule has 2 saturated heterocycles. The van der Waals surface area contributed by atoms with Gasteiger partial charge in [0.05, 0.1) is 38.1 Å². The van der Waals surface area contributed by atoms with Crippen molar-refractivity contribution in [2.24, 2.45) is 0 Å². The SMILES string of the molecule is COC(=O)c1ccc(-c2ccc(OC)c(-c3ccc(N4CCC4)nc3CN3C(=O)OC(c4cccc(C)c4)[C@@H]3C)c2)c(C)c1. The van der Waals surface area contributed by atoms with Crippen molar-refractivity contribution in [1.82, 2.24) is 9.88 Å². The Morgan fingerprint density at radius 2 is 1.75 bits per heavy atom. The molecule has 2 aliphatic heterocycles. The summed E-state index contributed by atoms with van der Waals surface area (Å²) in [7, 11) is 3.04. The van der Waals surface area contributed by atoms with Gasteiger partial charge in [0.2, 0.25) is 0 Å². The number of carbonyl (C=O) groups is 2. The van der Waals surface area contributed by atoms with Gasteiger partial charge in [-0.2, -0.15) is 0 Å². The lowest BCUT2D eigenvalue weighted by atomic mass is 9.93. The number of cyclic esters (lactones) is 1. The third-order valence-corrected chi connectivity index (χ3v) is 8.67. The number of hydrogen-bond donors (Lipinski definition) is 0. The first kappa shape index (κ1) is 29.2. The smallest absolute Gasteiger partial charge is 0.411 e. The molecule has 44 heavy (non-hydrogen) atoms. The topological polar surface area (TPSA) is 81.2 Å². The van der Waals surface area contributed by atoms with E-state index in [2.05, 4.69) is 23.1 Å². The van der Waals surface area contributed by atoms with Gasteiger partial charge in [-0.15, -0.1) is 0 Å². The number of benzene rings is 3. The molecule has 0 radical (unpaired) electrons. The van der Waals surface area contributed by atoms with Crippen LogP contribution in [-0.2, 0) is 16.0 Å². The first-order chi connectivity index (χ1) is 21.3. The Morgan fingerprint density at radius 3 is 2.43 bits per heavy atom. The lowest BCUT2D eigenvalue weighted by Crippen LogP contribution is -2.38. The number of ether oxygens (including phenoxy) is 3. The van der Waals surface area contributed by atoms with E-state index in [1.807, 2.05) is 69.3 Å². The number of anilines is 1. The lowest BCUT2D eigenvalue weighted by Gasteiger charge is -2.33. The van der Waals surface area contributed by atoms with Crippen LogP contribution < -0.4 is 9.64 Å². The van der Waals surface area contributed by atoms with Crippen molar-refractivity contribution in [3.8, 4) is 28.0 Å². The van der Waals surface area contributed by atoms with E-state index in [1.54, 1.807) is 18.1 Å². The number of aromatic nitrogens is 1. The number of rotatable bonds is 8. The molecule has 2 fully saturated rings. The summed E-state index contributed by atoms with van der Waals surface area (Å²) in [6.07, 6.45) is 0.419. The van der Waals surface area contributed by atoms with Crippen LogP contribution in [0.2, 0.25) is 0 Å². The third-order valence-electron chi connectivity index (χ3n) is 8.67. The van der Waals surface area contributed by atoms with Gasteiger partial charge in [0.15, 0.2) is 0 Å². The summed E-state index contributed by atoms with van der Waals surface area (Å²) in [5, 5.41) is 0. The number of nitrogens with zero attached hydrogens (tertiary/aromatic N) is 3. The maximum atomic E-state index is 13.3. The summed E-state index contributed by atoms with van der Waals surface area (Å²) in [6, 6.07) is 23.6. The number of methoxy groups -OCH3 is 2. The van der Waals surface area contributed by atoms with Gasteiger partial charge in [-0.1, -0.05) is 42.0 Å². The number of pyridine rings is 1. The molecule has 2 aliphatic rings. The molecule has 2 atom stereocenters. The number of amides is 1. The van der Waals surface area contributed by atoms with Crippen LogP contribution in [0.15, 0.2) is 72.8 Å². The van der Waals surface area contributed by atoms with E-state index in [0.29, 0.717) is 17.9 Å². The Labute approximate surface area is 258 Å². The largest absolute Gasteiger partial charge is 0.496 e. The fraction of sp³-hybridized carbons (Fsp3) is 0.306. The molecule has 226 valence electrons. The molecule has 6 rings (SSSR count). The molecule has 0 aliphatic carbocycles.